The minimum Gasteiger partial charge on any atom is -0.457 e. The van der Waals surface area contributed by atoms with Crippen molar-refractivity contribution < 1.29 is 28.6 Å². The Bertz CT molecular complexity index is 1280. The zero-order valence-electron chi connectivity index (χ0n) is 17.4. The molecule has 0 atom stereocenters. The Morgan fingerprint density at radius 3 is 1.94 bits per heavy atom. The molecule has 0 spiro atoms. The maximum Gasteiger partial charge on any atom is 0.338 e. The molecule has 0 radical (unpaired) electrons. The molecule has 8 heteroatoms. The quantitative estimate of drug-likeness (QED) is 0.304. The van der Waals surface area contributed by atoms with Crippen LogP contribution in [0.4, 0.5) is 0 Å². The fourth-order valence-electron chi connectivity index (χ4n) is 2.74. The molecule has 0 unspecified atom stereocenters. The number of ether oxygens (including phenoxy) is 3. The number of nitriles is 2. The fourth-order valence-corrected chi connectivity index (χ4v) is 2.74. The standard InChI is InChI=1S/C25H16N2O6/c1-16(28)32-21-7-2-17(3-8-21)24(29)15-31-25(30)18-4-9-22(10-5-18)33-23-11-6-19(13-26)20(12-23)14-27/h2-12H,15H2,1H3. The summed E-state index contributed by atoms with van der Waals surface area (Å²) < 4.78 is 15.6. The van der Waals surface area contributed by atoms with Crippen molar-refractivity contribution in [3.63, 3.8) is 0 Å². The zero-order chi connectivity index (χ0) is 23.8. The molecule has 0 saturated carbocycles. The Morgan fingerprint density at radius 1 is 0.758 bits per heavy atom. The van der Waals surface area contributed by atoms with Crippen molar-refractivity contribution >= 4 is 17.7 Å². The zero-order valence-corrected chi connectivity index (χ0v) is 17.4. The molecular formula is C25H16N2O6. The molecule has 0 aliphatic heterocycles. The third-order valence-electron chi connectivity index (χ3n) is 4.33. The van der Waals surface area contributed by atoms with E-state index in [9.17, 15) is 14.4 Å². The van der Waals surface area contributed by atoms with Gasteiger partial charge in [0.05, 0.1) is 16.7 Å². The molecule has 0 amide bonds. The minimum absolute atomic E-state index is 0.195. The van der Waals surface area contributed by atoms with Gasteiger partial charge in [-0.1, -0.05) is 0 Å². The number of nitrogens with zero attached hydrogens (tertiary/aromatic N) is 2. The van der Waals surface area contributed by atoms with Crippen molar-refractivity contribution in [2.45, 2.75) is 6.92 Å². The third kappa shape index (κ3) is 6.03. The maximum atomic E-state index is 12.2. The average Bonchev–Trinajstić information content (AvgIpc) is 2.82. The Kier molecular flexibility index (Phi) is 7.15. The maximum absolute atomic E-state index is 12.2. The normalized spacial score (nSPS) is 9.79. The first-order valence-corrected chi connectivity index (χ1v) is 9.60. The van der Waals surface area contributed by atoms with E-state index in [1.54, 1.807) is 6.07 Å². The van der Waals surface area contributed by atoms with Crippen molar-refractivity contribution in [3.8, 4) is 29.4 Å². The van der Waals surface area contributed by atoms with Crippen LogP contribution in [0.5, 0.6) is 17.2 Å². The first-order valence-electron chi connectivity index (χ1n) is 9.60. The summed E-state index contributed by atoms with van der Waals surface area (Å²) in [6.07, 6.45) is 0. The monoisotopic (exact) mass is 440 g/mol. The van der Waals surface area contributed by atoms with E-state index in [-0.39, 0.29) is 16.7 Å². The molecule has 0 aromatic heterocycles. The molecule has 8 nitrogen and oxygen atoms in total. The van der Waals surface area contributed by atoms with E-state index in [0.29, 0.717) is 22.8 Å². The summed E-state index contributed by atoms with van der Waals surface area (Å²) >= 11 is 0. The Hall–Kier alpha value is -4.95. The van der Waals surface area contributed by atoms with Crippen molar-refractivity contribution in [2.24, 2.45) is 0 Å². The number of Topliss-reactive ketones (excluding diaryl/α,β-unsaturated/α-hetero) is 1. The van der Waals surface area contributed by atoms with Gasteiger partial charge in [0, 0.05) is 12.5 Å². The van der Waals surface area contributed by atoms with Crippen LogP contribution in [0.25, 0.3) is 0 Å². The van der Waals surface area contributed by atoms with Gasteiger partial charge in [-0.05, 0) is 66.7 Å². The smallest absolute Gasteiger partial charge is 0.338 e. The Labute approximate surface area is 189 Å². The number of carbonyl (C=O) groups is 3. The average molecular weight is 440 g/mol. The van der Waals surface area contributed by atoms with Crippen LogP contribution in [0.15, 0.2) is 66.7 Å². The number of esters is 2. The molecule has 162 valence electrons. The van der Waals surface area contributed by atoms with Gasteiger partial charge in [-0.2, -0.15) is 10.5 Å². The highest BCUT2D eigenvalue weighted by molar-refractivity contribution is 5.99. The van der Waals surface area contributed by atoms with Crippen molar-refractivity contribution in [1.29, 1.82) is 10.5 Å². The lowest BCUT2D eigenvalue weighted by atomic mass is 10.1. The van der Waals surface area contributed by atoms with Gasteiger partial charge < -0.3 is 14.2 Å². The van der Waals surface area contributed by atoms with E-state index in [0.717, 1.165) is 0 Å². The number of benzene rings is 3. The second kappa shape index (κ2) is 10.4. The van der Waals surface area contributed by atoms with Crippen LogP contribution in [0.1, 0.15) is 38.8 Å². The molecule has 33 heavy (non-hydrogen) atoms. The number of hydrogen-bond acceptors (Lipinski definition) is 8. The van der Waals surface area contributed by atoms with Crippen LogP contribution in [0.2, 0.25) is 0 Å². The Morgan fingerprint density at radius 2 is 1.33 bits per heavy atom. The molecule has 3 aromatic carbocycles. The third-order valence-corrected chi connectivity index (χ3v) is 4.33. The predicted octanol–water partition coefficient (Wildman–Crippen LogP) is 4.19. The van der Waals surface area contributed by atoms with Gasteiger partial charge in [0.25, 0.3) is 0 Å². The van der Waals surface area contributed by atoms with Crippen LogP contribution >= 0.6 is 0 Å². The fraction of sp³-hybridized carbons (Fsp3) is 0.0800. The van der Waals surface area contributed by atoms with E-state index in [2.05, 4.69) is 0 Å². The lowest BCUT2D eigenvalue weighted by molar-refractivity contribution is -0.131. The molecule has 0 fully saturated rings. The summed E-state index contributed by atoms with van der Waals surface area (Å²) in [6, 6.07) is 20.3. The molecule has 0 saturated heterocycles. The van der Waals surface area contributed by atoms with Crippen LogP contribution in [-0.2, 0) is 9.53 Å². The van der Waals surface area contributed by atoms with E-state index in [1.165, 1.54) is 67.6 Å². The van der Waals surface area contributed by atoms with E-state index in [4.69, 9.17) is 24.7 Å². The predicted molar refractivity (Wildman–Crippen MR) is 115 cm³/mol. The lowest BCUT2D eigenvalue weighted by Crippen LogP contribution is -2.14. The summed E-state index contributed by atoms with van der Waals surface area (Å²) in [5.41, 5.74) is 0.971. The van der Waals surface area contributed by atoms with Crippen LogP contribution in [0.3, 0.4) is 0 Å². The van der Waals surface area contributed by atoms with Crippen LogP contribution < -0.4 is 9.47 Å². The molecule has 0 heterocycles. The lowest BCUT2D eigenvalue weighted by Gasteiger charge is -2.08. The van der Waals surface area contributed by atoms with Gasteiger partial charge >= 0.3 is 11.9 Å². The highest BCUT2D eigenvalue weighted by atomic mass is 16.5. The van der Waals surface area contributed by atoms with Crippen molar-refractivity contribution in [2.75, 3.05) is 6.61 Å². The molecule has 0 N–H and O–H groups in total. The number of ketones is 1. The topological polar surface area (TPSA) is 126 Å². The number of rotatable bonds is 7. The van der Waals surface area contributed by atoms with Crippen LogP contribution in [-0.4, -0.2) is 24.3 Å². The van der Waals surface area contributed by atoms with Crippen LogP contribution in [0, 0.1) is 22.7 Å². The highest BCUT2D eigenvalue weighted by Gasteiger charge is 2.13. The highest BCUT2D eigenvalue weighted by Crippen LogP contribution is 2.24. The largest absolute Gasteiger partial charge is 0.457 e. The van der Waals surface area contributed by atoms with Gasteiger partial charge in [-0.25, -0.2) is 4.79 Å². The van der Waals surface area contributed by atoms with Crippen molar-refractivity contribution in [3.05, 3.63) is 89.0 Å². The van der Waals surface area contributed by atoms with Crippen molar-refractivity contribution in [1.82, 2.24) is 0 Å². The second-order valence-corrected chi connectivity index (χ2v) is 6.67. The molecule has 3 rings (SSSR count). The summed E-state index contributed by atoms with van der Waals surface area (Å²) in [4.78, 5) is 35.4. The summed E-state index contributed by atoms with van der Waals surface area (Å²) in [5, 5.41) is 18.1. The summed E-state index contributed by atoms with van der Waals surface area (Å²) in [5.74, 6) is -0.481. The van der Waals surface area contributed by atoms with E-state index in [1.807, 2.05) is 12.1 Å². The summed E-state index contributed by atoms with van der Waals surface area (Å²) in [7, 11) is 0. The molecule has 0 aliphatic rings. The van der Waals surface area contributed by atoms with Gasteiger partial charge in [0.15, 0.2) is 12.4 Å². The van der Waals surface area contributed by atoms with E-state index < -0.39 is 24.3 Å². The van der Waals surface area contributed by atoms with Gasteiger partial charge in [-0.3, -0.25) is 9.59 Å². The molecule has 0 aliphatic carbocycles. The SMILES string of the molecule is CC(=O)Oc1ccc(C(=O)COC(=O)c2ccc(Oc3ccc(C#N)c(C#N)c3)cc2)cc1. The molecular weight excluding hydrogens is 424 g/mol. The minimum atomic E-state index is -0.684. The Balaban J connectivity index is 1.57. The van der Waals surface area contributed by atoms with Gasteiger partial charge in [0.2, 0.25) is 0 Å². The van der Waals surface area contributed by atoms with Gasteiger partial charge in [-0.15, -0.1) is 0 Å². The molecule has 0 bridgehead atoms. The van der Waals surface area contributed by atoms with Gasteiger partial charge in [0.1, 0.15) is 29.4 Å². The second-order valence-electron chi connectivity index (χ2n) is 6.67. The number of carbonyl (C=O) groups excluding carboxylic acids is 3. The summed E-state index contributed by atoms with van der Waals surface area (Å²) in [6.45, 7) is 0.820. The molecule has 3 aromatic rings. The first kappa shape index (κ1) is 22.7. The van der Waals surface area contributed by atoms with E-state index >= 15 is 0 Å². The first-order chi connectivity index (χ1) is 15.9. The number of hydrogen-bond donors (Lipinski definition) is 0.